The molecule has 1 amide bonds. The largest absolute Gasteiger partial charge is 0.444 e. The molecule has 8 nitrogen and oxygen atoms in total. The summed E-state index contributed by atoms with van der Waals surface area (Å²) in [7, 11) is 0. The van der Waals surface area contributed by atoms with Gasteiger partial charge in [-0.05, 0) is 32.4 Å². The van der Waals surface area contributed by atoms with Gasteiger partial charge in [0.25, 0.3) is 0 Å². The van der Waals surface area contributed by atoms with Gasteiger partial charge in [0.1, 0.15) is 23.4 Å². The topological polar surface area (TPSA) is 123 Å². The first-order valence-electron chi connectivity index (χ1n) is 8.71. The van der Waals surface area contributed by atoms with E-state index >= 15 is 0 Å². The molecule has 0 saturated heterocycles. The number of nitriles is 1. The molecule has 3 rings (SSSR count). The summed E-state index contributed by atoms with van der Waals surface area (Å²) in [6, 6.07) is 8.81. The van der Waals surface area contributed by atoms with Crippen LogP contribution < -0.4 is 11.1 Å². The highest BCUT2D eigenvalue weighted by Gasteiger charge is 2.25. The Morgan fingerprint density at radius 3 is 2.83 bits per heavy atom. The van der Waals surface area contributed by atoms with E-state index in [1.165, 1.54) is 16.3 Å². The SMILES string of the molecule is Cc1oc(NC(=O)C(C)n2c(N)nnc2SCc2ccccc2Cl)c(C#N)c1C. The molecule has 150 valence electrons. The minimum Gasteiger partial charge on any atom is -0.444 e. The molecule has 0 spiro atoms. The van der Waals surface area contributed by atoms with Crippen molar-refractivity contribution in [1.29, 1.82) is 5.26 Å². The number of nitrogen functional groups attached to an aromatic ring is 1. The van der Waals surface area contributed by atoms with E-state index in [9.17, 15) is 10.1 Å². The molecule has 1 aromatic carbocycles. The zero-order chi connectivity index (χ0) is 21.1. The molecular formula is C19H19ClN6O2S. The van der Waals surface area contributed by atoms with Gasteiger partial charge in [0.2, 0.25) is 17.7 Å². The molecule has 0 saturated carbocycles. The first-order valence-corrected chi connectivity index (χ1v) is 10.1. The molecule has 3 N–H and O–H groups in total. The fourth-order valence-electron chi connectivity index (χ4n) is 2.69. The van der Waals surface area contributed by atoms with Crippen molar-refractivity contribution < 1.29 is 9.21 Å². The number of rotatable bonds is 6. The lowest BCUT2D eigenvalue weighted by Crippen LogP contribution is -2.25. The average molecular weight is 431 g/mol. The first-order chi connectivity index (χ1) is 13.8. The van der Waals surface area contributed by atoms with E-state index in [1.54, 1.807) is 20.8 Å². The third-order valence-corrected chi connectivity index (χ3v) is 5.87. The second-order valence-electron chi connectivity index (χ2n) is 6.36. The van der Waals surface area contributed by atoms with Crippen LogP contribution in [0.3, 0.4) is 0 Å². The van der Waals surface area contributed by atoms with Crippen LogP contribution in [0.15, 0.2) is 33.8 Å². The summed E-state index contributed by atoms with van der Waals surface area (Å²) in [4.78, 5) is 12.8. The molecule has 0 fully saturated rings. The maximum Gasteiger partial charge on any atom is 0.249 e. The second kappa shape index (κ2) is 8.59. The number of amides is 1. The van der Waals surface area contributed by atoms with Crippen LogP contribution in [0, 0.1) is 25.2 Å². The van der Waals surface area contributed by atoms with Crippen molar-refractivity contribution in [2.24, 2.45) is 0 Å². The Hall–Kier alpha value is -2.96. The fourth-order valence-corrected chi connectivity index (χ4v) is 4.00. The number of thioether (sulfide) groups is 1. The maximum absolute atomic E-state index is 12.8. The summed E-state index contributed by atoms with van der Waals surface area (Å²) < 4.78 is 7.04. The minimum absolute atomic E-state index is 0.113. The standard InChI is InChI=1S/C19H19ClN6O2S/c1-10-12(3)28-17(14(10)8-21)23-16(27)11(2)26-18(22)24-25-19(26)29-9-13-6-4-5-7-15(13)20/h4-7,11H,9H2,1-3H3,(H2,22,24)(H,23,27). The number of carbonyl (C=O) groups is 1. The molecule has 1 atom stereocenters. The second-order valence-corrected chi connectivity index (χ2v) is 7.70. The van der Waals surface area contributed by atoms with Gasteiger partial charge in [0.15, 0.2) is 5.16 Å². The molecule has 2 aromatic heterocycles. The molecule has 10 heteroatoms. The van der Waals surface area contributed by atoms with Crippen LogP contribution in [-0.4, -0.2) is 20.7 Å². The Balaban J connectivity index is 1.79. The van der Waals surface area contributed by atoms with Crippen LogP contribution >= 0.6 is 23.4 Å². The Kier molecular flexibility index (Phi) is 6.15. The van der Waals surface area contributed by atoms with Crippen molar-refractivity contribution in [1.82, 2.24) is 14.8 Å². The van der Waals surface area contributed by atoms with Gasteiger partial charge in [-0.1, -0.05) is 41.6 Å². The number of nitrogens with one attached hydrogen (secondary N) is 1. The summed E-state index contributed by atoms with van der Waals surface area (Å²) in [5, 5.41) is 21.1. The fraction of sp³-hybridized carbons (Fsp3) is 0.263. The van der Waals surface area contributed by atoms with Crippen molar-refractivity contribution in [3.63, 3.8) is 0 Å². The number of hydrogen-bond donors (Lipinski definition) is 2. The van der Waals surface area contributed by atoms with Crippen LogP contribution in [-0.2, 0) is 10.5 Å². The molecule has 3 aromatic rings. The minimum atomic E-state index is -0.726. The lowest BCUT2D eigenvalue weighted by Gasteiger charge is -2.15. The summed E-state index contributed by atoms with van der Waals surface area (Å²) in [6.07, 6.45) is 0. The normalized spacial score (nSPS) is 11.8. The molecule has 0 aliphatic rings. The molecule has 2 heterocycles. The number of nitrogens with two attached hydrogens (primary N) is 1. The highest BCUT2D eigenvalue weighted by Crippen LogP contribution is 2.30. The summed E-state index contributed by atoms with van der Waals surface area (Å²) >= 11 is 7.57. The quantitative estimate of drug-likeness (QED) is 0.564. The summed E-state index contributed by atoms with van der Waals surface area (Å²) in [6.45, 7) is 5.16. The third-order valence-electron chi connectivity index (χ3n) is 4.51. The summed E-state index contributed by atoms with van der Waals surface area (Å²) in [5.74, 6) is 0.949. The van der Waals surface area contributed by atoms with Crippen molar-refractivity contribution in [3.8, 4) is 6.07 Å². The van der Waals surface area contributed by atoms with Crippen LogP contribution in [0.1, 0.15) is 35.4 Å². The highest BCUT2D eigenvalue weighted by molar-refractivity contribution is 7.98. The zero-order valence-corrected chi connectivity index (χ0v) is 17.6. The van der Waals surface area contributed by atoms with E-state index in [0.29, 0.717) is 32.8 Å². The number of furan rings is 1. The van der Waals surface area contributed by atoms with Gasteiger partial charge in [0.05, 0.1) is 0 Å². The van der Waals surface area contributed by atoms with Gasteiger partial charge in [-0.2, -0.15) is 5.26 Å². The smallest absolute Gasteiger partial charge is 0.249 e. The molecule has 1 unspecified atom stereocenters. The van der Waals surface area contributed by atoms with Crippen LogP contribution in [0.5, 0.6) is 0 Å². The van der Waals surface area contributed by atoms with Crippen molar-refractivity contribution in [3.05, 3.63) is 51.7 Å². The number of anilines is 2. The van der Waals surface area contributed by atoms with Crippen LogP contribution in [0.4, 0.5) is 11.8 Å². The number of aryl methyl sites for hydroxylation is 1. The van der Waals surface area contributed by atoms with Crippen LogP contribution in [0.2, 0.25) is 5.02 Å². The third kappa shape index (κ3) is 4.23. The number of benzene rings is 1. The van der Waals surface area contributed by atoms with Gasteiger partial charge in [0, 0.05) is 16.3 Å². The monoisotopic (exact) mass is 430 g/mol. The van der Waals surface area contributed by atoms with Gasteiger partial charge in [-0.25, -0.2) is 0 Å². The predicted octanol–water partition coefficient (Wildman–Crippen LogP) is 4.09. The van der Waals surface area contributed by atoms with Gasteiger partial charge in [-0.15, -0.1) is 10.2 Å². The lowest BCUT2D eigenvalue weighted by atomic mass is 10.2. The van der Waals surface area contributed by atoms with E-state index < -0.39 is 11.9 Å². The number of hydrogen-bond acceptors (Lipinski definition) is 7. The predicted molar refractivity (Wildman–Crippen MR) is 112 cm³/mol. The Morgan fingerprint density at radius 2 is 2.14 bits per heavy atom. The van der Waals surface area contributed by atoms with Crippen LogP contribution in [0.25, 0.3) is 0 Å². The summed E-state index contributed by atoms with van der Waals surface area (Å²) in [5.41, 5.74) is 7.87. The highest BCUT2D eigenvalue weighted by atomic mass is 35.5. The Labute approximate surface area is 177 Å². The van der Waals surface area contributed by atoms with Gasteiger partial charge in [-0.3, -0.25) is 14.7 Å². The number of halogens is 1. The molecule has 0 aliphatic heterocycles. The zero-order valence-electron chi connectivity index (χ0n) is 16.1. The molecule has 0 bridgehead atoms. The Morgan fingerprint density at radius 1 is 1.41 bits per heavy atom. The van der Waals surface area contributed by atoms with Gasteiger partial charge < -0.3 is 10.2 Å². The maximum atomic E-state index is 12.8. The van der Waals surface area contributed by atoms with Crippen molar-refractivity contribution in [2.45, 2.75) is 37.7 Å². The number of nitrogens with zero attached hydrogens (tertiary/aromatic N) is 4. The van der Waals surface area contributed by atoms with E-state index in [1.807, 2.05) is 30.3 Å². The van der Waals surface area contributed by atoms with Crippen molar-refractivity contribution in [2.75, 3.05) is 11.1 Å². The number of aromatic nitrogens is 3. The first kappa shape index (κ1) is 20.8. The van der Waals surface area contributed by atoms with Gasteiger partial charge >= 0.3 is 0 Å². The van der Waals surface area contributed by atoms with E-state index in [0.717, 1.165) is 5.56 Å². The van der Waals surface area contributed by atoms with E-state index in [-0.39, 0.29) is 11.8 Å². The van der Waals surface area contributed by atoms with E-state index in [2.05, 4.69) is 15.5 Å². The van der Waals surface area contributed by atoms with Crippen molar-refractivity contribution >= 4 is 41.1 Å². The number of carbonyl (C=O) groups excluding carboxylic acids is 1. The van der Waals surface area contributed by atoms with E-state index in [4.69, 9.17) is 21.8 Å². The lowest BCUT2D eigenvalue weighted by molar-refractivity contribution is -0.119. The molecular weight excluding hydrogens is 412 g/mol. The molecule has 0 radical (unpaired) electrons. The Bertz CT molecular complexity index is 1100. The average Bonchev–Trinajstić information content (AvgIpc) is 3.19. The molecule has 0 aliphatic carbocycles. The molecule has 29 heavy (non-hydrogen) atoms.